The number of allylic oxidation sites excluding steroid dienone is 4. The molecule has 0 radical (unpaired) electrons. The van der Waals surface area contributed by atoms with Gasteiger partial charge in [0.05, 0.1) is 0 Å². The van der Waals surface area contributed by atoms with E-state index in [0.717, 1.165) is 25.7 Å². The lowest BCUT2D eigenvalue weighted by Crippen LogP contribution is -1.92. The van der Waals surface area contributed by atoms with Crippen molar-refractivity contribution in [2.75, 3.05) is 0 Å². The standard InChI is InChI=1S/C18H32O2/c1-2-3-4-5-6-7-8-9-10-11-12-13-14-15-16-17-18(19)20/h6-7,12-13H,2-5,8-11,14-17H2,1H3,(H,19,20)/b7-6-,13-12?. The summed E-state index contributed by atoms with van der Waals surface area (Å²) in [5, 5.41) is 8.49. The second-order valence-electron chi connectivity index (χ2n) is 5.36. The SMILES string of the molecule is CCCCC/C=C\CCCCC=CCCCCC(=O)O. The third kappa shape index (κ3) is 16.9. The first-order valence-corrected chi connectivity index (χ1v) is 8.29. The molecule has 0 aliphatic carbocycles. The maximum atomic E-state index is 10.3. The highest BCUT2D eigenvalue weighted by molar-refractivity contribution is 5.66. The number of unbranched alkanes of at least 4 members (excludes halogenated alkanes) is 8. The molecule has 0 saturated carbocycles. The fraction of sp³-hybridized carbons (Fsp3) is 0.722. The van der Waals surface area contributed by atoms with Crippen molar-refractivity contribution in [1.29, 1.82) is 0 Å². The molecular formula is C18H32O2. The normalized spacial score (nSPS) is 11.7. The Kier molecular flexibility index (Phi) is 15.2. The van der Waals surface area contributed by atoms with Crippen LogP contribution < -0.4 is 0 Å². The van der Waals surface area contributed by atoms with Crippen LogP contribution in [0.5, 0.6) is 0 Å². The van der Waals surface area contributed by atoms with E-state index in [9.17, 15) is 4.79 Å². The highest BCUT2D eigenvalue weighted by atomic mass is 16.4. The molecule has 0 aromatic heterocycles. The summed E-state index contributed by atoms with van der Waals surface area (Å²) in [6.45, 7) is 2.24. The lowest BCUT2D eigenvalue weighted by atomic mass is 10.1. The van der Waals surface area contributed by atoms with Crippen LogP contribution in [-0.2, 0) is 4.79 Å². The van der Waals surface area contributed by atoms with Crippen molar-refractivity contribution >= 4 is 5.97 Å². The zero-order valence-corrected chi connectivity index (χ0v) is 13.2. The summed E-state index contributed by atoms with van der Waals surface area (Å²) in [6.07, 6.45) is 22.3. The van der Waals surface area contributed by atoms with Gasteiger partial charge in [0.25, 0.3) is 0 Å². The van der Waals surface area contributed by atoms with Gasteiger partial charge in [-0.25, -0.2) is 0 Å². The lowest BCUT2D eigenvalue weighted by Gasteiger charge is -1.95. The topological polar surface area (TPSA) is 37.3 Å². The summed E-state index contributed by atoms with van der Waals surface area (Å²) < 4.78 is 0. The van der Waals surface area contributed by atoms with Crippen LogP contribution in [-0.4, -0.2) is 11.1 Å². The van der Waals surface area contributed by atoms with Crippen molar-refractivity contribution in [3.63, 3.8) is 0 Å². The van der Waals surface area contributed by atoms with E-state index < -0.39 is 5.97 Å². The molecule has 0 aliphatic rings. The molecule has 0 aromatic carbocycles. The molecule has 0 aliphatic heterocycles. The van der Waals surface area contributed by atoms with Gasteiger partial charge in [-0.05, 0) is 57.8 Å². The molecule has 116 valence electrons. The second-order valence-corrected chi connectivity index (χ2v) is 5.36. The van der Waals surface area contributed by atoms with E-state index in [2.05, 4.69) is 31.2 Å². The molecule has 0 heterocycles. The molecule has 0 fully saturated rings. The Morgan fingerprint density at radius 2 is 1.15 bits per heavy atom. The average molecular weight is 280 g/mol. The molecule has 0 saturated heterocycles. The number of hydrogen-bond donors (Lipinski definition) is 1. The Morgan fingerprint density at radius 1 is 0.750 bits per heavy atom. The molecular weight excluding hydrogens is 248 g/mol. The van der Waals surface area contributed by atoms with Gasteiger partial charge >= 0.3 is 5.97 Å². The first-order valence-electron chi connectivity index (χ1n) is 8.29. The molecule has 2 heteroatoms. The summed E-state index contributed by atoms with van der Waals surface area (Å²) in [6, 6.07) is 0. The zero-order chi connectivity index (χ0) is 14.9. The van der Waals surface area contributed by atoms with E-state index in [1.54, 1.807) is 0 Å². The Hall–Kier alpha value is -1.05. The molecule has 20 heavy (non-hydrogen) atoms. The molecule has 0 rings (SSSR count). The molecule has 0 bridgehead atoms. The zero-order valence-electron chi connectivity index (χ0n) is 13.2. The summed E-state index contributed by atoms with van der Waals surface area (Å²) in [5.74, 6) is -0.684. The van der Waals surface area contributed by atoms with E-state index in [4.69, 9.17) is 5.11 Å². The predicted octanol–water partition coefficient (Wildman–Crippen LogP) is 5.88. The van der Waals surface area contributed by atoms with Crippen molar-refractivity contribution in [2.24, 2.45) is 0 Å². The van der Waals surface area contributed by atoms with Crippen molar-refractivity contribution in [1.82, 2.24) is 0 Å². The highest BCUT2D eigenvalue weighted by Gasteiger charge is 1.94. The Labute approximate surface area is 125 Å². The van der Waals surface area contributed by atoms with Gasteiger partial charge in [-0.2, -0.15) is 0 Å². The quantitative estimate of drug-likeness (QED) is 0.318. The molecule has 0 atom stereocenters. The maximum absolute atomic E-state index is 10.3. The Balaban J connectivity index is 3.17. The molecule has 0 amide bonds. The largest absolute Gasteiger partial charge is 0.481 e. The lowest BCUT2D eigenvalue weighted by molar-refractivity contribution is -0.137. The van der Waals surface area contributed by atoms with E-state index in [1.807, 2.05) is 0 Å². The van der Waals surface area contributed by atoms with Gasteiger partial charge < -0.3 is 5.11 Å². The smallest absolute Gasteiger partial charge is 0.303 e. The van der Waals surface area contributed by atoms with Gasteiger partial charge in [0.2, 0.25) is 0 Å². The minimum absolute atomic E-state index is 0.304. The van der Waals surface area contributed by atoms with Crippen molar-refractivity contribution < 1.29 is 9.90 Å². The number of hydrogen-bond acceptors (Lipinski definition) is 1. The van der Waals surface area contributed by atoms with Crippen molar-refractivity contribution in [2.45, 2.75) is 84.0 Å². The predicted molar refractivity (Wildman–Crippen MR) is 87.0 cm³/mol. The number of aliphatic carboxylic acids is 1. The van der Waals surface area contributed by atoms with Crippen molar-refractivity contribution in [3.05, 3.63) is 24.3 Å². The molecule has 0 spiro atoms. The van der Waals surface area contributed by atoms with E-state index in [0.29, 0.717) is 6.42 Å². The van der Waals surface area contributed by atoms with Gasteiger partial charge in [0.15, 0.2) is 0 Å². The van der Waals surface area contributed by atoms with Crippen LogP contribution in [0, 0.1) is 0 Å². The summed E-state index contributed by atoms with van der Waals surface area (Å²) >= 11 is 0. The van der Waals surface area contributed by atoms with Crippen molar-refractivity contribution in [3.8, 4) is 0 Å². The third-order valence-corrected chi connectivity index (χ3v) is 3.31. The van der Waals surface area contributed by atoms with Crippen LogP contribution in [0.4, 0.5) is 0 Å². The summed E-state index contributed by atoms with van der Waals surface area (Å²) in [5.41, 5.74) is 0. The van der Waals surface area contributed by atoms with Gasteiger partial charge in [-0.1, -0.05) is 44.1 Å². The van der Waals surface area contributed by atoms with Gasteiger partial charge in [0.1, 0.15) is 0 Å². The third-order valence-electron chi connectivity index (χ3n) is 3.31. The molecule has 1 N–H and O–H groups in total. The van der Waals surface area contributed by atoms with Crippen LogP contribution in [0.1, 0.15) is 84.0 Å². The number of rotatable bonds is 14. The molecule has 2 nitrogen and oxygen atoms in total. The monoisotopic (exact) mass is 280 g/mol. The van der Waals surface area contributed by atoms with E-state index >= 15 is 0 Å². The van der Waals surface area contributed by atoms with Crippen LogP contribution in [0.15, 0.2) is 24.3 Å². The summed E-state index contributed by atoms with van der Waals surface area (Å²) in [4.78, 5) is 10.3. The van der Waals surface area contributed by atoms with Crippen LogP contribution in [0.2, 0.25) is 0 Å². The number of carboxylic acids is 1. The minimum atomic E-state index is -0.684. The summed E-state index contributed by atoms with van der Waals surface area (Å²) in [7, 11) is 0. The minimum Gasteiger partial charge on any atom is -0.481 e. The van der Waals surface area contributed by atoms with Gasteiger partial charge in [-0.15, -0.1) is 0 Å². The van der Waals surface area contributed by atoms with Gasteiger partial charge in [0, 0.05) is 6.42 Å². The maximum Gasteiger partial charge on any atom is 0.303 e. The molecule has 0 aromatic rings. The van der Waals surface area contributed by atoms with Gasteiger partial charge in [-0.3, -0.25) is 4.79 Å². The first kappa shape index (κ1) is 18.9. The average Bonchev–Trinajstić information content (AvgIpc) is 2.43. The van der Waals surface area contributed by atoms with E-state index in [1.165, 1.54) is 44.9 Å². The molecule has 0 unspecified atom stereocenters. The fourth-order valence-electron chi connectivity index (χ4n) is 2.05. The Morgan fingerprint density at radius 3 is 1.55 bits per heavy atom. The number of carbonyl (C=O) groups is 1. The van der Waals surface area contributed by atoms with Crippen LogP contribution in [0.3, 0.4) is 0 Å². The highest BCUT2D eigenvalue weighted by Crippen LogP contribution is 2.06. The van der Waals surface area contributed by atoms with Crippen LogP contribution >= 0.6 is 0 Å². The van der Waals surface area contributed by atoms with Crippen LogP contribution in [0.25, 0.3) is 0 Å². The fourth-order valence-corrected chi connectivity index (χ4v) is 2.05. The second kappa shape index (κ2) is 16.0. The number of carboxylic acid groups (broad SMARTS) is 1. The Bertz CT molecular complexity index is 267. The van der Waals surface area contributed by atoms with E-state index in [-0.39, 0.29) is 0 Å². The first-order chi connectivity index (χ1) is 9.77.